The highest BCUT2D eigenvalue weighted by molar-refractivity contribution is 6.23. The van der Waals surface area contributed by atoms with Gasteiger partial charge in [0.1, 0.15) is 11.6 Å². The molecule has 3 aliphatic heterocycles. The molecule has 1 atom stereocenters. The molecular formula is C36H31F3N8O6. The number of rotatable bonds is 7. The van der Waals surface area contributed by atoms with Crippen molar-refractivity contribution in [2.45, 2.75) is 50.0 Å². The molecule has 2 aromatic heterocycles. The minimum atomic E-state index is -4.59. The second-order valence-corrected chi connectivity index (χ2v) is 13.3. The van der Waals surface area contributed by atoms with E-state index in [1.807, 2.05) is 4.90 Å². The van der Waals surface area contributed by atoms with E-state index in [1.54, 1.807) is 38.2 Å². The summed E-state index contributed by atoms with van der Waals surface area (Å²) in [5.41, 5.74) is -1.47. The van der Waals surface area contributed by atoms with Crippen molar-refractivity contribution in [3.05, 3.63) is 89.5 Å². The Labute approximate surface area is 299 Å². The molecule has 7 rings (SSSR count). The molecule has 272 valence electrons. The third kappa shape index (κ3) is 6.31. The van der Waals surface area contributed by atoms with Crippen molar-refractivity contribution in [2.75, 3.05) is 30.4 Å². The maximum atomic E-state index is 13.5. The second-order valence-electron chi connectivity index (χ2n) is 13.3. The van der Waals surface area contributed by atoms with Gasteiger partial charge in [0.15, 0.2) is 5.60 Å². The summed E-state index contributed by atoms with van der Waals surface area (Å²) in [5.74, 6) is 3.29. The van der Waals surface area contributed by atoms with E-state index in [-0.39, 0.29) is 35.3 Å². The van der Waals surface area contributed by atoms with Gasteiger partial charge in [0, 0.05) is 37.8 Å². The summed E-state index contributed by atoms with van der Waals surface area (Å²) in [7, 11) is 1.52. The predicted molar refractivity (Wildman–Crippen MR) is 181 cm³/mol. The van der Waals surface area contributed by atoms with Gasteiger partial charge in [-0.1, -0.05) is 11.8 Å². The number of fused-ring (bicyclic) bond motifs is 1. The first-order valence-electron chi connectivity index (χ1n) is 16.4. The highest BCUT2D eigenvalue weighted by Gasteiger charge is 2.46. The molecule has 14 nitrogen and oxygen atoms in total. The molecule has 2 N–H and O–H groups in total. The van der Waals surface area contributed by atoms with Crippen molar-refractivity contribution < 1.29 is 41.9 Å². The molecule has 4 aromatic rings. The van der Waals surface area contributed by atoms with Crippen LogP contribution < -0.4 is 15.5 Å². The van der Waals surface area contributed by atoms with E-state index >= 15 is 0 Å². The van der Waals surface area contributed by atoms with Gasteiger partial charge < -0.3 is 15.0 Å². The fourth-order valence-electron chi connectivity index (χ4n) is 6.34. The lowest BCUT2D eigenvalue weighted by atomic mass is 9.92. The maximum Gasteiger partial charge on any atom is 0.416 e. The summed E-state index contributed by atoms with van der Waals surface area (Å²) in [5, 5.41) is 13.2. The Hall–Kier alpha value is -6.28. The topological polar surface area (TPSA) is 161 Å². The zero-order valence-corrected chi connectivity index (χ0v) is 28.5. The molecule has 0 radical (unpaired) electrons. The first-order chi connectivity index (χ1) is 25.1. The number of benzene rings is 2. The quantitative estimate of drug-likeness (QED) is 0.215. The number of hydrogen-bond acceptors (Lipinski definition) is 9. The van der Waals surface area contributed by atoms with Crippen molar-refractivity contribution in [3.63, 3.8) is 0 Å². The van der Waals surface area contributed by atoms with E-state index < -0.39 is 58.5 Å². The largest absolute Gasteiger partial charge is 0.416 e. The number of halogens is 3. The summed E-state index contributed by atoms with van der Waals surface area (Å²) in [6, 6.07) is 8.29. The molecule has 3 aliphatic rings. The molecule has 17 heteroatoms. The zero-order chi connectivity index (χ0) is 37.9. The number of carbonyl (C=O) groups is 5. The number of piperidine rings is 1. The molecule has 2 saturated heterocycles. The second kappa shape index (κ2) is 12.7. The maximum absolute atomic E-state index is 13.5. The van der Waals surface area contributed by atoms with Gasteiger partial charge in [-0.05, 0) is 62.7 Å². The standard InChI is InChI=1S/C36H31F3N8O6/c1-34(2,33(52)42-26-8-5-22(36(37,38)39)15-28(26)45-14-4-13-40-45)46-18-21(17-41-46)11-12-35(53-3)19-44(20-35)23-6-7-24-25(16-23)32(51)47(31(24)50)27-9-10-29(48)43-30(27)49/h4-8,13-18,27H,9-10,19-20H2,1-3H3,(H,42,52)(H,43,48,49). The number of nitrogens with zero attached hydrogens (tertiary/aromatic N) is 6. The normalized spacial score (nSPS) is 18.3. The van der Waals surface area contributed by atoms with Crippen LogP contribution in [0.2, 0.25) is 0 Å². The third-order valence-corrected chi connectivity index (χ3v) is 9.54. The number of nitrogens with one attached hydrogen (secondary N) is 2. The van der Waals surface area contributed by atoms with Crippen LogP contribution in [0.25, 0.3) is 5.69 Å². The zero-order valence-electron chi connectivity index (χ0n) is 28.5. The van der Waals surface area contributed by atoms with Crippen molar-refractivity contribution in [3.8, 4) is 17.5 Å². The number of alkyl halides is 3. The van der Waals surface area contributed by atoms with Gasteiger partial charge >= 0.3 is 6.18 Å². The minimum absolute atomic E-state index is 0.0247. The number of hydrogen-bond donors (Lipinski definition) is 2. The Morgan fingerprint density at radius 3 is 2.47 bits per heavy atom. The van der Waals surface area contributed by atoms with E-state index in [2.05, 4.69) is 32.7 Å². The number of ether oxygens (including phenoxy) is 1. The van der Waals surface area contributed by atoms with Gasteiger partial charge in [0.2, 0.25) is 11.8 Å². The van der Waals surface area contributed by atoms with Crippen LogP contribution in [0.3, 0.4) is 0 Å². The van der Waals surface area contributed by atoms with Gasteiger partial charge in [-0.15, -0.1) is 0 Å². The van der Waals surface area contributed by atoms with Gasteiger partial charge in [0.25, 0.3) is 17.7 Å². The Balaban J connectivity index is 1.03. The molecule has 0 aliphatic carbocycles. The van der Waals surface area contributed by atoms with Crippen molar-refractivity contribution in [1.82, 2.24) is 29.8 Å². The van der Waals surface area contributed by atoms with E-state index in [4.69, 9.17) is 4.74 Å². The molecule has 2 aromatic carbocycles. The van der Waals surface area contributed by atoms with Crippen LogP contribution in [0.15, 0.2) is 67.3 Å². The summed E-state index contributed by atoms with van der Waals surface area (Å²) < 4.78 is 48.8. The van der Waals surface area contributed by atoms with Crippen molar-refractivity contribution in [1.29, 1.82) is 0 Å². The molecule has 53 heavy (non-hydrogen) atoms. The summed E-state index contributed by atoms with van der Waals surface area (Å²) in [6.07, 6.45) is 1.42. The predicted octanol–water partition coefficient (Wildman–Crippen LogP) is 3.12. The molecule has 0 spiro atoms. The van der Waals surface area contributed by atoms with Crippen LogP contribution in [0, 0.1) is 11.8 Å². The first-order valence-corrected chi connectivity index (χ1v) is 16.4. The number of anilines is 2. The molecule has 5 amide bonds. The summed E-state index contributed by atoms with van der Waals surface area (Å²) >= 11 is 0. The Bertz CT molecular complexity index is 2250. The third-order valence-electron chi connectivity index (χ3n) is 9.54. The lowest BCUT2D eigenvalue weighted by Crippen LogP contribution is -2.62. The average Bonchev–Trinajstić information content (AvgIpc) is 3.86. The van der Waals surface area contributed by atoms with Gasteiger partial charge in [-0.2, -0.15) is 23.4 Å². The Morgan fingerprint density at radius 1 is 1.04 bits per heavy atom. The van der Waals surface area contributed by atoms with Crippen LogP contribution >= 0.6 is 0 Å². The SMILES string of the molecule is COC1(C#Cc2cnn(C(C)(C)C(=O)Nc3ccc(C(F)(F)F)cc3-n3cccn3)c2)CN(c2ccc3c(c2)C(=O)N(C2CCC(=O)NC2=O)C3=O)C1. The van der Waals surface area contributed by atoms with Crippen molar-refractivity contribution in [2.24, 2.45) is 0 Å². The fourth-order valence-corrected chi connectivity index (χ4v) is 6.34. The number of amides is 5. The van der Waals surface area contributed by atoms with E-state index in [1.165, 1.54) is 47.2 Å². The monoisotopic (exact) mass is 728 g/mol. The summed E-state index contributed by atoms with van der Waals surface area (Å²) in [4.78, 5) is 66.7. The number of carbonyl (C=O) groups excluding carboxylic acids is 5. The average molecular weight is 729 g/mol. The Morgan fingerprint density at radius 2 is 1.79 bits per heavy atom. The van der Waals surface area contributed by atoms with E-state index in [9.17, 15) is 37.1 Å². The highest BCUT2D eigenvalue weighted by Crippen LogP contribution is 2.36. The Kier molecular flexibility index (Phi) is 8.45. The molecule has 2 fully saturated rings. The van der Waals surface area contributed by atoms with Gasteiger partial charge in [-0.3, -0.25) is 38.9 Å². The molecule has 0 saturated carbocycles. The van der Waals surface area contributed by atoms with Gasteiger partial charge in [-0.25, -0.2) is 4.68 Å². The molecular weight excluding hydrogens is 697 g/mol. The summed E-state index contributed by atoms with van der Waals surface area (Å²) in [6.45, 7) is 3.84. The molecule has 1 unspecified atom stereocenters. The number of imide groups is 2. The molecule has 5 heterocycles. The highest BCUT2D eigenvalue weighted by atomic mass is 19.4. The fraction of sp³-hybridized carbons (Fsp3) is 0.306. The lowest BCUT2D eigenvalue weighted by molar-refractivity contribution is -0.138. The van der Waals surface area contributed by atoms with Crippen LogP contribution in [-0.4, -0.2) is 85.8 Å². The number of methoxy groups -OCH3 is 1. The van der Waals surface area contributed by atoms with Crippen LogP contribution in [0.4, 0.5) is 24.5 Å². The smallest absolute Gasteiger partial charge is 0.364 e. The van der Waals surface area contributed by atoms with Crippen LogP contribution in [0.1, 0.15) is 58.5 Å². The number of aromatic nitrogens is 4. The van der Waals surface area contributed by atoms with Crippen molar-refractivity contribution >= 4 is 40.9 Å². The van der Waals surface area contributed by atoms with E-state index in [0.29, 0.717) is 24.3 Å². The van der Waals surface area contributed by atoms with Crippen LogP contribution in [-0.2, 0) is 30.8 Å². The van der Waals surface area contributed by atoms with E-state index in [0.717, 1.165) is 17.0 Å². The molecule has 0 bridgehead atoms. The lowest BCUT2D eigenvalue weighted by Gasteiger charge is -2.47. The minimum Gasteiger partial charge on any atom is -0.364 e. The van der Waals surface area contributed by atoms with Crippen LogP contribution in [0.5, 0.6) is 0 Å². The first kappa shape index (κ1) is 35.1. The van der Waals surface area contributed by atoms with Gasteiger partial charge in [0.05, 0.1) is 52.9 Å².